The first-order chi connectivity index (χ1) is 14.9. The molecule has 9 heteroatoms. The normalized spacial score (nSPS) is 20.0. The quantitative estimate of drug-likeness (QED) is 0.735. The van der Waals surface area contributed by atoms with E-state index < -0.39 is 10.0 Å². The van der Waals surface area contributed by atoms with Gasteiger partial charge in [-0.25, -0.2) is 12.8 Å². The highest BCUT2D eigenvalue weighted by molar-refractivity contribution is 7.89. The van der Waals surface area contributed by atoms with Crippen LogP contribution in [0.5, 0.6) is 0 Å². The number of sulfonamides is 1. The first-order valence-corrected chi connectivity index (χ1v) is 11.9. The molecule has 2 aromatic carbocycles. The molecule has 0 radical (unpaired) electrons. The van der Waals surface area contributed by atoms with Gasteiger partial charge in [0.1, 0.15) is 5.82 Å². The second-order valence-electron chi connectivity index (χ2n) is 7.74. The van der Waals surface area contributed by atoms with Gasteiger partial charge in [0.15, 0.2) is 0 Å². The van der Waals surface area contributed by atoms with E-state index in [2.05, 4.69) is 5.32 Å². The number of amides is 1. The van der Waals surface area contributed by atoms with E-state index in [4.69, 9.17) is 4.74 Å². The zero-order valence-corrected chi connectivity index (χ0v) is 18.0. The van der Waals surface area contributed by atoms with Crippen molar-refractivity contribution < 1.29 is 22.3 Å². The minimum atomic E-state index is -3.72. The van der Waals surface area contributed by atoms with Crippen molar-refractivity contribution in [2.45, 2.75) is 23.8 Å². The van der Waals surface area contributed by atoms with Crippen LogP contribution in [0, 0.1) is 5.82 Å². The molecule has 7 nitrogen and oxygen atoms in total. The van der Waals surface area contributed by atoms with Gasteiger partial charge in [0.25, 0.3) is 5.91 Å². The van der Waals surface area contributed by atoms with Gasteiger partial charge in [-0.2, -0.15) is 4.31 Å². The highest BCUT2D eigenvalue weighted by atomic mass is 32.2. The van der Waals surface area contributed by atoms with E-state index in [-0.39, 0.29) is 22.7 Å². The van der Waals surface area contributed by atoms with Gasteiger partial charge >= 0.3 is 0 Å². The lowest BCUT2D eigenvalue weighted by Gasteiger charge is -2.35. The molecular formula is C22H26FN3O4S. The number of carbonyl (C=O) groups is 1. The van der Waals surface area contributed by atoms with Crippen LogP contribution in [0.15, 0.2) is 53.4 Å². The van der Waals surface area contributed by atoms with Crippen LogP contribution in [0.4, 0.5) is 10.1 Å². The van der Waals surface area contributed by atoms with E-state index in [0.29, 0.717) is 44.9 Å². The van der Waals surface area contributed by atoms with Crippen LogP contribution in [0.25, 0.3) is 0 Å². The maximum Gasteiger partial charge on any atom is 0.251 e. The fourth-order valence-corrected chi connectivity index (χ4v) is 5.37. The van der Waals surface area contributed by atoms with Crippen LogP contribution >= 0.6 is 0 Å². The van der Waals surface area contributed by atoms with Crippen LogP contribution < -0.4 is 10.2 Å². The zero-order valence-electron chi connectivity index (χ0n) is 17.2. The van der Waals surface area contributed by atoms with Crippen molar-refractivity contribution in [1.29, 1.82) is 0 Å². The van der Waals surface area contributed by atoms with Gasteiger partial charge in [-0.1, -0.05) is 6.07 Å². The molecule has 2 saturated heterocycles. The number of anilines is 1. The summed E-state index contributed by atoms with van der Waals surface area (Å²) in [5.74, 6) is -0.613. The van der Waals surface area contributed by atoms with Gasteiger partial charge in [0.2, 0.25) is 10.0 Å². The Morgan fingerprint density at radius 1 is 1.10 bits per heavy atom. The summed E-state index contributed by atoms with van der Waals surface area (Å²) in [7, 11) is -3.72. The van der Waals surface area contributed by atoms with Crippen molar-refractivity contribution in [3.8, 4) is 0 Å². The topological polar surface area (TPSA) is 78.9 Å². The summed E-state index contributed by atoms with van der Waals surface area (Å²) >= 11 is 0. The lowest BCUT2D eigenvalue weighted by atomic mass is 10.2. The first kappa shape index (κ1) is 21.7. The van der Waals surface area contributed by atoms with Crippen LogP contribution in [0.3, 0.4) is 0 Å². The van der Waals surface area contributed by atoms with Gasteiger partial charge in [0.05, 0.1) is 11.0 Å². The molecular weight excluding hydrogens is 421 g/mol. The average Bonchev–Trinajstić information content (AvgIpc) is 3.32. The summed E-state index contributed by atoms with van der Waals surface area (Å²) in [6, 6.07) is 12.3. The molecule has 1 amide bonds. The molecule has 31 heavy (non-hydrogen) atoms. The number of hydrogen-bond donors (Lipinski definition) is 1. The molecule has 0 bridgehead atoms. The van der Waals surface area contributed by atoms with Crippen molar-refractivity contribution >= 4 is 21.6 Å². The molecule has 0 unspecified atom stereocenters. The Balaban J connectivity index is 1.40. The minimum absolute atomic E-state index is 0.0215. The van der Waals surface area contributed by atoms with E-state index in [0.717, 1.165) is 18.5 Å². The Morgan fingerprint density at radius 2 is 1.84 bits per heavy atom. The second kappa shape index (κ2) is 9.33. The summed E-state index contributed by atoms with van der Waals surface area (Å²) in [6.45, 7) is 2.77. The number of hydrogen-bond acceptors (Lipinski definition) is 5. The number of ether oxygens (including phenoxy) is 1. The molecule has 0 aliphatic carbocycles. The summed E-state index contributed by atoms with van der Waals surface area (Å²) in [6.07, 6.45) is 1.93. The van der Waals surface area contributed by atoms with Crippen molar-refractivity contribution in [1.82, 2.24) is 9.62 Å². The number of nitrogens with zero attached hydrogens (tertiary/aromatic N) is 2. The second-order valence-corrected chi connectivity index (χ2v) is 9.68. The molecule has 2 heterocycles. The number of nitrogens with one attached hydrogen (secondary N) is 1. The maximum absolute atomic E-state index is 13.1. The van der Waals surface area contributed by atoms with Crippen LogP contribution in [0.1, 0.15) is 23.2 Å². The Hall–Kier alpha value is -2.49. The lowest BCUT2D eigenvalue weighted by molar-refractivity contribution is 0.0857. The first-order valence-electron chi connectivity index (χ1n) is 10.4. The molecule has 1 atom stereocenters. The molecule has 2 aromatic rings. The molecule has 4 rings (SSSR count). The van der Waals surface area contributed by atoms with E-state index in [1.165, 1.54) is 28.6 Å². The lowest BCUT2D eigenvalue weighted by Crippen LogP contribution is -2.48. The van der Waals surface area contributed by atoms with Gasteiger partial charge in [-0.3, -0.25) is 4.79 Å². The molecule has 2 aliphatic heterocycles. The zero-order chi connectivity index (χ0) is 21.8. The van der Waals surface area contributed by atoms with Gasteiger partial charge in [-0.05, 0) is 55.3 Å². The molecule has 2 fully saturated rings. The van der Waals surface area contributed by atoms with Crippen molar-refractivity contribution in [3.05, 3.63) is 59.9 Å². The Bertz CT molecular complexity index is 1020. The predicted molar refractivity (Wildman–Crippen MR) is 115 cm³/mol. The number of halogens is 1. The van der Waals surface area contributed by atoms with E-state index in [9.17, 15) is 17.6 Å². The fourth-order valence-electron chi connectivity index (χ4n) is 3.90. The molecule has 0 aromatic heterocycles. The standard InChI is InChI=1S/C22H26FN3O4S/c23-18-6-8-19(9-7-18)25-10-12-26(13-11-25)31(28,29)21-5-1-3-17(15-21)22(27)24-16-20-4-2-14-30-20/h1,3,5-9,15,20H,2,4,10-14,16H2,(H,24,27)/t20-/m0/s1. The van der Waals surface area contributed by atoms with Crippen molar-refractivity contribution in [2.24, 2.45) is 0 Å². The van der Waals surface area contributed by atoms with Gasteiger partial charge < -0.3 is 15.0 Å². The van der Waals surface area contributed by atoms with E-state index in [1.807, 2.05) is 4.90 Å². The third-order valence-corrected chi connectivity index (χ3v) is 7.57. The van der Waals surface area contributed by atoms with Gasteiger partial charge in [0, 0.05) is 50.6 Å². The van der Waals surface area contributed by atoms with Crippen molar-refractivity contribution in [2.75, 3.05) is 44.2 Å². The molecule has 0 saturated carbocycles. The van der Waals surface area contributed by atoms with Crippen LogP contribution in [0.2, 0.25) is 0 Å². The summed E-state index contributed by atoms with van der Waals surface area (Å²) in [4.78, 5) is 14.6. The van der Waals surface area contributed by atoms with Crippen LogP contribution in [-0.4, -0.2) is 64.1 Å². The number of benzene rings is 2. The molecule has 166 valence electrons. The monoisotopic (exact) mass is 447 g/mol. The Labute approximate surface area is 181 Å². The van der Waals surface area contributed by atoms with Crippen molar-refractivity contribution in [3.63, 3.8) is 0 Å². The van der Waals surface area contributed by atoms with E-state index in [1.54, 1.807) is 24.3 Å². The maximum atomic E-state index is 13.1. The number of carbonyl (C=O) groups excluding carboxylic acids is 1. The average molecular weight is 448 g/mol. The van der Waals surface area contributed by atoms with E-state index >= 15 is 0 Å². The molecule has 0 spiro atoms. The summed E-state index contributed by atoms with van der Waals surface area (Å²) in [5, 5.41) is 2.82. The number of piperazine rings is 1. The minimum Gasteiger partial charge on any atom is -0.376 e. The molecule has 2 aliphatic rings. The Morgan fingerprint density at radius 3 is 2.52 bits per heavy atom. The summed E-state index contributed by atoms with van der Waals surface area (Å²) in [5.41, 5.74) is 1.17. The van der Waals surface area contributed by atoms with Crippen LogP contribution in [-0.2, 0) is 14.8 Å². The Kier molecular flexibility index (Phi) is 6.54. The van der Waals surface area contributed by atoms with Gasteiger partial charge in [-0.15, -0.1) is 0 Å². The highest BCUT2D eigenvalue weighted by Crippen LogP contribution is 2.22. The highest BCUT2D eigenvalue weighted by Gasteiger charge is 2.29. The SMILES string of the molecule is O=C(NC[C@@H]1CCCO1)c1cccc(S(=O)(=O)N2CCN(c3ccc(F)cc3)CC2)c1. The molecule has 1 N–H and O–H groups in total. The third-order valence-electron chi connectivity index (χ3n) is 5.68. The number of rotatable bonds is 6. The predicted octanol–water partition coefficient (Wildman–Crippen LogP) is 2.25. The fraction of sp³-hybridized carbons (Fsp3) is 0.409. The largest absolute Gasteiger partial charge is 0.376 e. The third kappa shape index (κ3) is 5.06. The summed E-state index contributed by atoms with van der Waals surface area (Å²) < 4.78 is 46.3. The smallest absolute Gasteiger partial charge is 0.251 e.